The lowest BCUT2D eigenvalue weighted by Gasteiger charge is -2.23. The Morgan fingerprint density at radius 1 is 1.47 bits per heavy atom. The van der Waals surface area contributed by atoms with Crippen molar-refractivity contribution in [2.45, 2.75) is 5.37 Å². The Kier molecular flexibility index (Phi) is 4.31. The van der Waals surface area contributed by atoms with E-state index in [0.29, 0.717) is 23.9 Å². The van der Waals surface area contributed by atoms with Gasteiger partial charge in [-0.3, -0.25) is 4.79 Å². The van der Waals surface area contributed by atoms with Gasteiger partial charge in [0.2, 0.25) is 5.91 Å². The Morgan fingerprint density at radius 2 is 2.18 bits per heavy atom. The molecule has 1 aliphatic heterocycles. The number of hydrogen-bond acceptors (Lipinski definition) is 3. The van der Waals surface area contributed by atoms with Crippen LogP contribution < -0.4 is 0 Å². The first-order valence-electron chi connectivity index (χ1n) is 5.38. The van der Waals surface area contributed by atoms with Crippen molar-refractivity contribution >= 4 is 29.3 Å². The van der Waals surface area contributed by atoms with E-state index in [1.165, 1.54) is 0 Å². The van der Waals surface area contributed by atoms with Gasteiger partial charge < -0.3 is 9.64 Å². The molecule has 1 amide bonds. The van der Waals surface area contributed by atoms with Gasteiger partial charge in [0.25, 0.3) is 0 Å². The lowest BCUT2D eigenvalue weighted by atomic mass is 10.2. The summed E-state index contributed by atoms with van der Waals surface area (Å²) in [6.45, 7) is 1.20. The van der Waals surface area contributed by atoms with E-state index in [1.54, 1.807) is 18.9 Å². The number of thioether (sulfide) groups is 1. The lowest BCUT2D eigenvalue weighted by Crippen LogP contribution is -2.31. The number of rotatable bonds is 4. The molecule has 1 aliphatic rings. The first kappa shape index (κ1) is 12.7. The van der Waals surface area contributed by atoms with E-state index in [1.807, 2.05) is 29.2 Å². The minimum absolute atomic E-state index is 0.0925. The molecule has 0 bridgehead atoms. The van der Waals surface area contributed by atoms with Gasteiger partial charge >= 0.3 is 0 Å². The van der Waals surface area contributed by atoms with Crippen molar-refractivity contribution in [1.29, 1.82) is 0 Å². The molecule has 0 spiro atoms. The minimum atomic E-state index is 0.0925. The van der Waals surface area contributed by atoms with Crippen LogP contribution in [0.1, 0.15) is 10.9 Å². The van der Waals surface area contributed by atoms with Crippen LogP contribution in [0.25, 0.3) is 0 Å². The molecule has 1 aromatic rings. The van der Waals surface area contributed by atoms with Crippen molar-refractivity contribution in [3.8, 4) is 0 Å². The topological polar surface area (TPSA) is 29.5 Å². The molecule has 1 atom stereocenters. The monoisotopic (exact) mass is 271 g/mol. The Morgan fingerprint density at radius 3 is 2.82 bits per heavy atom. The number of nitrogens with zero attached hydrogens (tertiary/aromatic N) is 1. The minimum Gasteiger partial charge on any atom is -0.383 e. The molecule has 1 unspecified atom stereocenters. The summed E-state index contributed by atoms with van der Waals surface area (Å²) in [4.78, 5) is 13.6. The Labute approximate surface area is 110 Å². The normalized spacial score (nSPS) is 20.0. The molecule has 1 fully saturated rings. The predicted octanol–water partition coefficient (Wildman–Crippen LogP) is 2.56. The van der Waals surface area contributed by atoms with Crippen LogP contribution in [0.3, 0.4) is 0 Å². The zero-order chi connectivity index (χ0) is 12.3. The molecule has 3 nitrogen and oxygen atoms in total. The summed E-state index contributed by atoms with van der Waals surface area (Å²) in [5.74, 6) is 0.712. The molecule has 1 heterocycles. The number of methoxy groups -OCH3 is 1. The van der Waals surface area contributed by atoms with Crippen LogP contribution in [0, 0.1) is 0 Å². The fourth-order valence-corrected chi connectivity index (χ4v) is 3.13. The van der Waals surface area contributed by atoms with E-state index in [-0.39, 0.29) is 11.3 Å². The fraction of sp³-hybridized carbons (Fsp3) is 0.417. The van der Waals surface area contributed by atoms with Gasteiger partial charge in [0.1, 0.15) is 5.37 Å². The van der Waals surface area contributed by atoms with Crippen molar-refractivity contribution in [1.82, 2.24) is 4.90 Å². The summed E-state index contributed by atoms with van der Waals surface area (Å²) in [5.41, 5.74) is 1.11. The zero-order valence-corrected chi connectivity index (χ0v) is 11.1. The zero-order valence-electron chi connectivity index (χ0n) is 9.56. The summed E-state index contributed by atoms with van der Waals surface area (Å²) >= 11 is 7.51. The van der Waals surface area contributed by atoms with Crippen LogP contribution in [0.5, 0.6) is 0 Å². The molecule has 0 N–H and O–H groups in total. The van der Waals surface area contributed by atoms with Crippen molar-refractivity contribution in [3.63, 3.8) is 0 Å². The summed E-state index contributed by atoms with van der Waals surface area (Å²) in [7, 11) is 1.64. The molecule has 0 aliphatic carbocycles. The van der Waals surface area contributed by atoms with E-state index in [0.717, 1.165) is 5.56 Å². The lowest BCUT2D eigenvalue weighted by molar-refractivity contribution is -0.128. The number of ether oxygens (including phenoxy) is 1. The molecule has 17 heavy (non-hydrogen) atoms. The predicted molar refractivity (Wildman–Crippen MR) is 70.2 cm³/mol. The maximum absolute atomic E-state index is 11.8. The smallest absolute Gasteiger partial charge is 0.233 e. The third kappa shape index (κ3) is 2.94. The Hall–Kier alpha value is -0.710. The highest BCUT2D eigenvalue weighted by Gasteiger charge is 2.32. The summed E-state index contributed by atoms with van der Waals surface area (Å²) in [6.07, 6.45) is 0. The molecule has 1 saturated heterocycles. The highest BCUT2D eigenvalue weighted by atomic mass is 35.5. The second-order valence-corrected chi connectivity index (χ2v) is 5.30. The van der Waals surface area contributed by atoms with Gasteiger partial charge in [-0.05, 0) is 17.7 Å². The molecule has 2 rings (SSSR count). The van der Waals surface area contributed by atoms with Crippen molar-refractivity contribution in [2.24, 2.45) is 0 Å². The van der Waals surface area contributed by atoms with E-state index in [4.69, 9.17) is 16.3 Å². The number of benzene rings is 1. The van der Waals surface area contributed by atoms with Gasteiger partial charge in [0, 0.05) is 18.7 Å². The van der Waals surface area contributed by atoms with E-state index in [2.05, 4.69) is 0 Å². The molecular formula is C12H14ClNO2S. The first-order chi connectivity index (χ1) is 8.22. The summed E-state index contributed by atoms with van der Waals surface area (Å²) in [5, 5.41) is 0.807. The Balaban J connectivity index is 2.13. The molecular weight excluding hydrogens is 258 g/mol. The molecule has 0 radical (unpaired) electrons. The number of carbonyl (C=O) groups excluding carboxylic acids is 1. The van der Waals surface area contributed by atoms with E-state index >= 15 is 0 Å². The Bertz CT molecular complexity index is 396. The first-order valence-corrected chi connectivity index (χ1v) is 6.80. The number of halogens is 1. The third-order valence-electron chi connectivity index (χ3n) is 2.66. The van der Waals surface area contributed by atoms with Crippen molar-refractivity contribution in [3.05, 3.63) is 34.9 Å². The fourth-order valence-electron chi connectivity index (χ4n) is 1.79. The summed E-state index contributed by atoms with van der Waals surface area (Å²) in [6, 6.07) is 7.65. The molecule has 1 aromatic carbocycles. The third-order valence-corrected chi connectivity index (χ3v) is 4.17. The van der Waals surface area contributed by atoms with Crippen LogP contribution in [0.15, 0.2) is 24.3 Å². The quantitative estimate of drug-likeness (QED) is 0.843. The van der Waals surface area contributed by atoms with Gasteiger partial charge in [-0.15, -0.1) is 11.8 Å². The number of carbonyl (C=O) groups is 1. The van der Waals surface area contributed by atoms with E-state index < -0.39 is 0 Å². The van der Waals surface area contributed by atoms with Crippen LogP contribution in [0.4, 0.5) is 0 Å². The second-order valence-electron chi connectivity index (χ2n) is 3.79. The number of amides is 1. The maximum atomic E-state index is 11.8. The van der Waals surface area contributed by atoms with Gasteiger partial charge in [-0.25, -0.2) is 0 Å². The van der Waals surface area contributed by atoms with E-state index in [9.17, 15) is 4.79 Å². The van der Waals surface area contributed by atoms with Crippen LogP contribution >= 0.6 is 23.4 Å². The van der Waals surface area contributed by atoms with Gasteiger partial charge in [-0.1, -0.05) is 23.7 Å². The standard InChI is InChI=1S/C12H14ClNO2S/c1-16-7-6-14-11(15)8-17-12(14)9-2-4-10(13)5-3-9/h2-5,12H,6-8H2,1H3. The van der Waals surface area contributed by atoms with Gasteiger partial charge in [0.15, 0.2) is 0 Å². The van der Waals surface area contributed by atoms with Crippen LogP contribution in [0.2, 0.25) is 5.02 Å². The van der Waals surface area contributed by atoms with Gasteiger partial charge in [-0.2, -0.15) is 0 Å². The second kappa shape index (κ2) is 5.76. The highest BCUT2D eigenvalue weighted by molar-refractivity contribution is 8.00. The van der Waals surface area contributed by atoms with Crippen LogP contribution in [-0.4, -0.2) is 36.8 Å². The van der Waals surface area contributed by atoms with Crippen molar-refractivity contribution < 1.29 is 9.53 Å². The van der Waals surface area contributed by atoms with Crippen LogP contribution in [-0.2, 0) is 9.53 Å². The summed E-state index contributed by atoms with van der Waals surface area (Å²) < 4.78 is 5.03. The SMILES string of the molecule is COCCN1C(=O)CSC1c1ccc(Cl)cc1. The molecule has 5 heteroatoms. The largest absolute Gasteiger partial charge is 0.383 e. The highest BCUT2D eigenvalue weighted by Crippen LogP contribution is 2.38. The molecule has 0 saturated carbocycles. The van der Waals surface area contributed by atoms with Gasteiger partial charge in [0.05, 0.1) is 12.4 Å². The average Bonchev–Trinajstić information content (AvgIpc) is 2.69. The number of hydrogen-bond donors (Lipinski definition) is 0. The maximum Gasteiger partial charge on any atom is 0.233 e. The molecule has 0 aromatic heterocycles. The molecule has 92 valence electrons. The average molecular weight is 272 g/mol. The van der Waals surface area contributed by atoms with Crippen molar-refractivity contribution in [2.75, 3.05) is 26.0 Å².